The van der Waals surface area contributed by atoms with Crippen molar-refractivity contribution in [1.82, 2.24) is 5.32 Å². The molecule has 170 valence electrons. The summed E-state index contributed by atoms with van der Waals surface area (Å²) in [5.74, 6) is -1.64. The fourth-order valence-corrected chi connectivity index (χ4v) is 3.77. The molecule has 5 nitrogen and oxygen atoms in total. The van der Waals surface area contributed by atoms with Crippen molar-refractivity contribution in [2.45, 2.75) is 65.5 Å². The van der Waals surface area contributed by atoms with Gasteiger partial charge in [-0.15, -0.1) is 0 Å². The number of anilines is 1. The van der Waals surface area contributed by atoms with E-state index in [-0.39, 0.29) is 17.8 Å². The predicted molar refractivity (Wildman–Crippen MR) is 126 cm³/mol. The second-order valence-corrected chi connectivity index (χ2v) is 8.88. The molecule has 1 amide bonds. The monoisotopic (exact) mass is 438 g/mol. The lowest BCUT2D eigenvalue weighted by Crippen LogP contribution is -2.43. The first kappa shape index (κ1) is 23.5. The smallest absolute Gasteiger partial charge is 0.329 e. The predicted octanol–water partition coefficient (Wildman–Crippen LogP) is 5.46. The summed E-state index contributed by atoms with van der Waals surface area (Å²) in [6.07, 6.45) is 3.18. The molecule has 3 N–H and O–H groups in total. The third-order valence-electron chi connectivity index (χ3n) is 5.84. The quantitative estimate of drug-likeness (QED) is 0.479. The van der Waals surface area contributed by atoms with Crippen LogP contribution in [0.2, 0.25) is 0 Å². The van der Waals surface area contributed by atoms with Gasteiger partial charge in [-0.3, -0.25) is 4.79 Å². The molecule has 3 rings (SSSR count). The van der Waals surface area contributed by atoms with Gasteiger partial charge < -0.3 is 15.7 Å². The molecule has 0 radical (unpaired) electrons. The molecule has 0 aliphatic heterocycles. The molecule has 0 spiro atoms. The van der Waals surface area contributed by atoms with Crippen LogP contribution in [0.3, 0.4) is 0 Å². The first-order valence-corrected chi connectivity index (χ1v) is 11.0. The summed E-state index contributed by atoms with van der Waals surface area (Å²) in [6, 6.07) is 9.25. The van der Waals surface area contributed by atoms with Gasteiger partial charge in [0, 0.05) is 22.9 Å². The van der Waals surface area contributed by atoms with E-state index in [9.17, 15) is 19.1 Å². The van der Waals surface area contributed by atoms with Crippen molar-refractivity contribution in [3.05, 3.63) is 58.4 Å². The van der Waals surface area contributed by atoms with E-state index in [1.807, 2.05) is 52.8 Å². The number of carboxylic acid groups (broad SMARTS) is 1. The molecule has 1 aliphatic rings. The summed E-state index contributed by atoms with van der Waals surface area (Å²) in [7, 11) is 0. The van der Waals surface area contributed by atoms with E-state index >= 15 is 0 Å². The number of carbonyl (C=O) groups excluding carboxylic acids is 1. The topological polar surface area (TPSA) is 78.4 Å². The number of rotatable bonds is 8. The Kier molecular flexibility index (Phi) is 6.72. The Labute approximate surface area is 188 Å². The lowest BCUT2D eigenvalue weighted by atomic mass is 9.93. The number of hydrogen-bond acceptors (Lipinski definition) is 3. The lowest BCUT2D eigenvalue weighted by Gasteiger charge is -2.16. The van der Waals surface area contributed by atoms with E-state index in [2.05, 4.69) is 10.6 Å². The Morgan fingerprint density at radius 3 is 2.34 bits per heavy atom. The highest BCUT2D eigenvalue weighted by Crippen LogP contribution is 2.36. The summed E-state index contributed by atoms with van der Waals surface area (Å²) in [4.78, 5) is 24.1. The fourth-order valence-electron chi connectivity index (χ4n) is 3.77. The molecule has 0 unspecified atom stereocenters. The average molecular weight is 439 g/mol. The van der Waals surface area contributed by atoms with Crippen LogP contribution in [0.25, 0.3) is 17.2 Å². The molecule has 0 saturated heterocycles. The molecule has 1 fully saturated rings. The zero-order valence-electron chi connectivity index (χ0n) is 19.3. The van der Waals surface area contributed by atoms with Gasteiger partial charge in [0.2, 0.25) is 5.91 Å². The number of carbonyl (C=O) groups is 2. The zero-order valence-corrected chi connectivity index (χ0v) is 19.3. The standard InChI is InChI=1S/C26H31FN2O3/c1-6-18(24(30)29-26(9-10-26)25(31)32)13-19-11-17(5)22(12-16(19)4)21-8-7-20(14-23(21)27)28-15(2)3/h7-8,11-15,28H,6,9-10H2,1-5H3,(H,29,30)(H,31,32)/b18-13+. The van der Waals surface area contributed by atoms with Crippen molar-refractivity contribution in [3.63, 3.8) is 0 Å². The van der Waals surface area contributed by atoms with Crippen molar-refractivity contribution < 1.29 is 19.1 Å². The molecule has 1 saturated carbocycles. The Morgan fingerprint density at radius 1 is 1.12 bits per heavy atom. The minimum Gasteiger partial charge on any atom is -0.480 e. The van der Waals surface area contributed by atoms with Gasteiger partial charge in [0.15, 0.2) is 0 Å². The first-order valence-electron chi connectivity index (χ1n) is 11.0. The van der Waals surface area contributed by atoms with Gasteiger partial charge in [-0.25, -0.2) is 9.18 Å². The minimum absolute atomic E-state index is 0.213. The molecule has 2 aromatic carbocycles. The number of halogens is 1. The highest BCUT2D eigenvalue weighted by atomic mass is 19.1. The number of aryl methyl sites for hydroxylation is 2. The highest BCUT2D eigenvalue weighted by Gasteiger charge is 2.51. The van der Waals surface area contributed by atoms with Crippen LogP contribution in [-0.2, 0) is 9.59 Å². The summed E-state index contributed by atoms with van der Waals surface area (Å²) < 4.78 is 14.8. The summed E-state index contributed by atoms with van der Waals surface area (Å²) in [5, 5.41) is 15.2. The molecule has 0 bridgehead atoms. The number of amides is 1. The zero-order chi connectivity index (χ0) is 23.6. The first-order chi connectivity index (χ1) is 15.1. The molecule has 0 atom stereocenters. The maximum atomic E-state index is 14.8. The maximum Gasteiger partial charge on any atom is 0.329 e. The lowest BCUT2D eigenvalue weighted by molar-refractivity contribution is -0.142. The van der Waals surface area contributed by atoms with Crippen LogP contribution >= 0.6 is 0 Å². The van der Waals surface area contributed by atoms with Crippen LogP contribution in [0.4, 0.5) is 10.1 Å². The van der Waals surface area contributed by atoms with Crippen LogP contribution in [0.15, 0.2) is 35.9 Å². The van der Waals surface area contributed by atoms with E-state index in [0.29, 0.717) is 30.4 Å². The van der Waals surface area contributed by atoms with Crippen molar-refractivity contribution >= 4 is 23.6 Å². The summed E-state index contributed by atoms with van der Waals surface area (Å²) >= 11 is 0. The Hall–Kier alpha value is -3.15. The summed E-state index contributed by atoms with van der Waals surface area (Å²) in [6.45, 7) is 9.71. The molecule has 2 aromatic rings. The van der Waals surface area contributed by atoms with Gasteiger partial charge in [0.25, 0.3) is 0 Å². The number of aliphatic carboxylic acids is 1. The van der Waals surface area contributed by atoms with Gasteiger partial charge in [-0.2, -0.15) is 0 Å². The number of carboxylic acids is 1. The molecular formula is C26H31FN2O3. The SMILES string of the molecule is CC/C(=C\c1cc(C)c(-c2ccc(NC(C)C)cc2F)cc1C)C(=O)NC1(C(=O)O)CC1. The molecular weight excluding hydrogens is 407 g/mol. The normalized spacial score (nSPS) is 14.9. The van der Waals surface area contributed by atoms with Crippen molar-refractivity contribution in [2.75, 3.05) is 5.32 Å². The van der Waals surface area contributed by atoms with Crippen molar-refractivity contribution in [2.24, 2.45) is 0 Å². The number of nitrogens with one attached hydrogen (secondary N) is 2. The molecule has 0 aromatic heterocycles. The van der Waals surface area contributed by atoms with Crippen molar-refractivity contribution in [3.8, 4) is 11.1 Å². The van der Waals surface area contributed by atoms with Gasteiger partial charge in [-0.05, 0) is 93.5 Å². The van der Waals surface area contributed by atoms with Crippen LogP contribution < -0.4 is 10.6 Å². The van der Waals surface area contributed by atoms with Crippen molar-refractivity contribution in [1.29, 1.82) is 0 Å². The Bertz CT molecular complexity index is 1080. The molecule has 1 aliphatic carbocycles. The highest BCUT2D eigenvalue weighted by molar-refractivity contribution is 6.01. The van der Waals surface area contributed by atoms with E-state index in [1.54, 1.807) is 12.1 Å². The van der Waals surface area contributed by atoms with E-state index in [1.165, 1.54) is 6.07 Å². The molecule has 6 heteroatoms. The fraction of sp³-hybridized carbons (Fsp3) is 0.385. The summed E-state index contributed by atoms with van der Waals surface area (Å²) in [5.41, 5.74) is 4.13. The second-order valence-electron chi connectivity index (χ2n) is 8.88. The third kappa shape index (κ3) is 5.01. The van der Waals surface area contributed by atoms with Gasteiger partial charge in [0.1, 0.15) is 11.4 Å². The Balaban J connectivity index is 1.90. The van der Waals surface area contributed by atoms with Crippen LogP contribution in [0.1, 0.15) is 56.7 Å². The van der Waals surface area contributed by atoms with Gasteiger partial charge in [-0.1, -0.05) is 19.1 Å². The van der Waals surface area contributed by atoms with Gasteiger partial charge in [0.05, 0.1) is 0 Å². The largest absolute Gasteiger partial charge is 0.480 e. The maximum absolute atomic E-state index is 14.8. The third-order valence-corrected chi connectivity index (χ3v) is 5.84. The number of benzene rings is 2. The second kappa shape index (κ2) is 9.15. The van der Waals surface area contributed by atoms with Crippen LogP contribution in [0, 0.1) is 19.7 Å². The minimum atomic E-state index is -1.12. The average Bonchev–Trinajstić information content (AvgIpc) is 3.49. The number of hydrogen-bond donors (Lipinski definition) is 3. The Morgan fingerprint density at radius 2 is 1.81 bits per heavy atom. The molecule has 32 heavy (non-hydrogen) atoms. The van der Waals surface area contributed by atoms with Crippen LogP contribution in [-0.4, -0.2) is 28.6 Å². The van der Waals surface area contributed by atoms with E-state index in [4.69, 9.17) is 0 Å². The molecule has 0 heterocycles. The van der Waals surface area contributed by atoms with Crippen LogP contribution in [0.5, 0.6) is 0 Å². The van der Waals surface area contributed by atoms with E-state index < -0.39 is 11.5 Å². The van der Waals surface area contributed by atoms with E-state index in [0.717, 1.165) is 27.9 Å². The van der Waals surface area contributed by atoms with Gasteiger partial charge >= 0.3 is 5.97 Å².